The Kier molecular flexibility index (Phi) is 23.3. The van der Waals surface area contributed by atoms with Crippen LogP contribution >= 0.6 is 0 Å². The summed E-state index contributed by atoms with van der Waals surface area (Å²) in [5.41, 5.74) is 0. The van der Waals surface area contributed by atoms with Crippen molar-refractivity contribution in [1.82, 2.24) is 20.9 Å². The van der Waals surface area contributed by atoms with Gasteiger partial charge in [0.25, 0.3) is 0 Å². The fourth-order valence-corrected chi connectivity index (χ4v) is 2.93. The van der Waals surface area contributed by atoms with Crippen LogP contribution in [0.5, 0.6) is 0 Å². The normalized spacial score (nSPS) is 12.4. The van der Waals surface area contributed by atoms with Crippen molar-refractivity contribution in [2.24, 2.45) is 5.92 Å². The zero-order valence-corrected chi connectivity index (χ0v) is 23.0. The van der Waals surface area contributed by atoms with E-state index >= 15 is 0 Å². The molecule has 13 nitrogen and oxygen atoms in total. The summed E-state index contributed by atoms with van der Waals surface area (Å²) < 4.78 is 21.5. The van der Waals surface area contributed by atoms with Crippen LogP contribution in [0.15, 0.2) is 0 Å². The van der Waals surface area contributed by atoms with Gasteiger partial charge in [-0.15, -0.1) is 0 Å². The zero-order valence-electron chi connectivity index (χ0n) is 23.0. The van der Waals surface area contributed by atoms with E-state index in [0.717, 1.165) is 19.3 Å². The molecule has 3 amide bonds. The minimum Gasteiger partial charge on any atom is -0.379 e. The Balaban J connectivity index is 3.51. The molecule has 0 aromatic rings. The van der Waals surface area contributed by atoms with Crippen molar-refractivity contribution in [1.29, 1.82) is 0 Å². The van der Waals surface area contributed by atoms with Crippen molar-refractivity contribution in [3.63, 3.8) is 0 Å². The highest BCUT2D eigenvalue weighted by atomic mass is 16.6. The van der Waals surface area contributed by atoms with Gasteiger partial charge in [-0.05, 0) is 26.4 Å². The molecule has 0 heterocycles. The molecule has 0 rings (SSSR count). The number of hydrogen-bond donors (Lipinski definition) is 3. The molecule has 0 aromatic carbocycles. The van der Waals surface area contributed by atoms with Crippen molar-refractivity contribution in [2.75, 3.05) is 86.6 Å². The second-order valence-electron chi connectivity index (χ2n) is 8.66. The first-order chi connectivity index (χ1) is 18.3. The lowest BCUT2D eigenvalue weighted by atomic mass is 10.1. The standard InChI is InChI=1S/C25H46N4O9/c1-21(19-30)17-25(34)29(3)8-10-36-12-14-38-16-15-37-13-11-35-9-6-23(32)27-18-24(33)28-22(20-31)5-4-7-26-2/h19-22,26H,4-18H2,1-3H3,(H,27,32)(H,28,33). The monoisotopic (exact) mass is 546 g/mol. The molecule has 38 heavy (non-hydrogen) atoms. The van der Waals surface area contributed by atoms with E-state index in [9.17, 15) is 24.0 Å². The van der Waals surface area contributed by atoms with E-state index in [1.165, 1.54) is 0 Å². The van der Waals surface area contributed by atoms with E-state index < -0.39 is 11.9 Å². The average Bonchev–Trinajstić information content (AvgIpc) is 2.91. The van der Waals surface area contributed by atoms with Crippen LogP contribution in [-0.2, 0) is 42.9 Å². The number of hydrogen-bond acceptors (Lipinski definition) is 10. The van der Waals surface area contributed by atoms with Gasteiger partial charge in [-0.25, -0.2) is 0 Å². The molecule has 13 heteroatoms. The van der Waals surface area contributed by atoms with Crippen molar-refractivity contribution in [3.8, 4) is 0 Å². The molecule has 0 aliphatic carbocycles. The lowest BCUT2D eigenvalue weighted by Gasteiger charge is -2.18. The van der Waals surface area contributed by atoms with E-state index in [-0.39, 0.29) is 43.7 Å². The number of nitrogens with one attached hydrogen (secondary N) is 3. The number of carbonyl (C=O) groups excluding carboxylic acids is 5. The van der Waals surface area contributed by atoms with Crippen LogP contribution in [0, 0.1) is 5.92 Å². The fourth-order valence-electron chi connectivity index (χ4n) is 2.93. The van der Waals surface area contributed by atoms with Crippen LogP contribution < -0.4 is 16.0 Å². The van der Waals surface area contributed by atoms with Crippen LogP contribution in [0.4, 0.5) is 0 Å². The third-order valence-corrected chi connectivity index (χ3v) is 5.21. The molecular formula is C25H46N4O9. The minimum absolute atomic E-state index is 0.0882. The Hall–Kier alpha value is -2.45. The van der Waals surface area contributed by atoms with Crippen LogP contribution in [0.1, 0.15) is 32.6 Å². The quantitative estimate of drug-likeness (QED) is 0.0899. The maximum atomic E-state index is 11.8. The second-order valence-corrected chi connectivity index (χ2v) is 8.66. The van der Waals surface area contributed by atoms with Crippen LogP contribution in [0.25, 0.3) is 0 Å². The number of amides is 3. The third-order valence-electron chi connectivity index (χ3n) is 5.21. The molecule has 2 unspecified atom stereocenters. The predicted molar refractivity (Wildman–Crippen MR) is 140 cm³/mol. The molecule has 0 saturated carbocycles. The van der Waals surface area contributed by atoms with Gasteiger partial charge >= 0.3 is 0 Å². The SMILES string of the molecule is CNCCCC(C=O)NC(=O)CNC(=O)CCOCCOCCOCCOCCN(C)C(=O)CC(C)C=O. The highest BCUT2D eigenvalue weighted by Crippen LogP contribution is 2.01. The van der Waals surface area contributed by atoms with Crippen LogP contribution in [-0.4, -0.2) is 128 Å². The van der Waals surface area contributed by atoms with Gasteiger partial charge in [-0.1, -0.05) is 6.92 Å². The molecule has 0 aliphatic rings. The van der Waals surface area contributed by atoms with Crippen LogP contribution in [0.2, 0.25) is 0 Å². The number of carbonyl (C=O) groups is 5. The number of likely N-dealkylation sites (N-methyl/N-ethyl adjacent to an activating group) is 1. The molecule has 220 valence electrons. The number of aldehydes is 2. The maximum Gasteiger partial charge on any atom is 0.239 e. The summed E-state index contributed by atoms with van der Waals surface area (Å²) in [5.74, 6) is -1.10. The van der Waals surface area contributed by atoms with Gasteiger partial charge in [0.1, 0.15) is 12.6 Å². The topological polar surface area (TPSA) is 162 Å². The Morgan fingerprint density at radius 3 is 1.97 bits per heavy atom. The molecule has 3 N–H and O–H groups in total. The summed E-state index contributed by atoms with van der Waals surface area (Å²) in [4.78, 5) is 58.6. The van der Waals surface area contributed by atoms with Gasteiger partial charge < -0.3 is 49.4 Å². The lowest BCUT2D eigenvalue weighted by Crippen LogP contribution is -2.43. The van der Waals surface area contributed by atoms with E-state index in [0.29, 0.717) is 65.5 Å². The number of ether oxygens (including phenoxy) is 4. The number of rotatable bonds is 26. The van der Waals surface area contributed by atoms with Gasteiger partial charge in [0.15, 0.2) is 0 Å². The largest absolute Gasteiger partial charge is 0.379 e. The Bertz CT molecular complexity index is 667. The molecule has 0 bridgehead atoms. The molecular weight excluding hydrogens is 500 g/mol. The first-order valence-electron chi connectivity index (χ1n) is 13.0. The first kappa shape index (κ1) is 35.5. The van der Waals surface area contributed by atoms with Crippen molar-refractivity contribution in [3.05, 3.63) is 0 Å². The molecule has 0 aromatic heterocycles. The second kappa shape index (κ2) is 24.9. The summed E-state index contributed by atoms with van der Waals surface area (Å²) >= 11 is 0. The molecule has 0 spiro atoms. The van der Waals surface area contributed by atoms with Gasteiger partial charge in [-0.2, -0.15) is 0 Å². The predicted octanol–water partition coefficient (Wildman–Crippen LogP) is -1.07. The third kappa shape index (κ3) is 21.6. The zero-order chi connectivity index (χ0) is 28.4. The lowest BCUT2D eigenvalue weighted by molar-refractivity contribution is -0.132. The van der Waals surface area contributed by atoms with E-state index in [2.05, 4.69) is 16.0 Å². The molecule has 0 radical (unpaired) electrons. The molecule has 0 saturated heterocycles. The van der Waals surface area contributed by atoms with Crippen molar-refractivity contribution < 1.29 is 42.9 Å². The summed E-state index contributed by atoms with van der Waals surface area (Å²) in [6.07, 6.45) is 3.06. The first-order valence-corrected chi connectivity index (χ1v) is 13.0. The Labute approximate surface area is 225 Å². The molecule has 2 atom stereocenters. The summed E-state index contributed by atoms with van der Waals surface area (Å²) in [6.45, 7) is 5.56. The summed E-state index contributed by atoms with van der Waals surface area (Å²) in [5, 5.41) is 8.04. The van der Waals surface area contributed by atoms with Gasteiger partial charge in [0.2, 0.25) is 17.7 Å². The van der Waals surface area contributed by atoms with Crippen molar-refractivity contribution in [2.45, 2.75) is 38.6 Å². The van der Waals surface area contributed by atoms with E-state index in [4.69, 9.17) is 18.9 Å². The average molecular weight is 547 g/mol. The van der Waals surface area contributed by atoms with Crippen LogP contribution in [0.3, 0.4) is 0 Å². The van der Waals surface area contributed by atoms with Gasteiger partial charge in [0.05, 0.1) is 65.4 Å². The highest BCUT2D eigenvalue weighted by Gasteiger charge is 2.13. The molecule has 0 aliphatic heterocycles. The Morgan fingerprint density at radius 2 is 1.42 bits per heavy atom. The highest BCUT2D eigenvalue weighted by molar-refractivity contribution is 5.86. The molecule has 0 fully saturated rings. The Morgan fingerprint density at radius 1 is 0.842 bits per heavy atom. The van der Waals surface area contributed by atoms with E-state index in [1.807, 2.05) is 7.05 Å². The summed E-state index contributed by atoms with van der Waals surface area (Å²) in [6, 6.07) is -0.560. The summed E-state index contributed by atoms with van der Waals surface area (Å²) in [7, 11) is 3.49. The maximum absolute atomic E-state index is 11.8. The van der Waals surface area contributed by atoms with Gasteiger partial charge in [-0.3, -0.25) is 14.4 Å². The fraction of sp³-hybridized carbons (Fsp3) is 0.800. The number of nitrogens with zero attached hydrogens (tertiary/aromatic N) is 1. The van der Waals surface area contributed by atoms with E-state index in [1.54, 1.807) is 18.9 Å². The smallest absolute Gasteiger partial charge is 0.239 e. The van der Waals surface area contributed by atoms with Gasteiger partial charge in [0, 0.05) is 32.4 Å². The minimum atomic E-state index is -0.560. The van der Waals surface area contributed by atoms with Crippen molar-refractivity contribution >= 4 is 30.3 Å².